The van der Waals surface area contributed by atoms with Crippen LogP contribution in [0.5, 0.6) is 0 Å². The molecule has 4 atom stereocenters. The van der Waals surface area contributed by atoms with E-state index in [1.807, 2.05) is 0 Å². The lowest BCUT2D eigenvalue weighted by atomic mass is 9.99. The average molecular weight is 266 g/mol. The van der Waals surface area contributed by atoms with Crippen LogP contribution in [0.4, 0.5) is 0 Å². The van der Waals surface area contributed by atoms with E-state index in [2.05, 4.69) is 10.0 Å². The van der Waals surface area contributed by atoms with Crippen molar-refractivity contribution >= 4 is 5.78 Å². The van der Waals surface area contributed by atoms with Gasteiger partial charge in [-0.2, -0.15) is 0 Å². The first kappa shape index (κ1) is 19.1. The molecule has 0 heterocycles. The number of nitrogens with zero attached hydrogens (tertiary/aromatic N) is 3. The molecule has 0 bridgehead atoms. The molecule has 0 aromatic rings. The molecule has 18 heavy (non-hydrogen) atoms. The molecule has 4 unspecified atom stereocenters. The van der Waals surface area contributed by atoms with Crippen molar-refractivity contribution in [3.8, 4) is 0 Å². The fraction of sp³-hybridized carbons (Fsp3) is 0.875. The van der Waals surface area contributed by atoms with Gasteiger partial charge in [-0.1, -0.05) is 5.11 Å². The number of aliphatic hydroxyl groups is 5. The van der Waals surface area contributed by atoms with Crippen molar-refractivity contribution in [1.29, 1.82) is 0 Å². The molecule has 0 saturated carbocycles. The molecular formula is C8H18N4O6. The molecule has 0 rings (SSSR count). The molecule has 0 aliphatic rings. The Morgan fingerprint density at radius 2 is 1.67 bits per heavy atom. The highest BCUT2D eigenvalue weighted by Gasteiger charge is 2.30. The van der Waals surface area contributed by atoms with E-state index >= 15 is 0 Å². The molecule has 106 valence electrons. The zero-order valence-corrected chi connectivity index (χ0v) is 9.62. The van der Waals surface area contributed by atoms with Crippen LogP contribution in [0.15, 0.2) is 5.11 Å². The largest absolute Gasteiger partial charge is 0.390 e. The number of rotatable bonds is 8. The van der Waals surface area contributed by atoms with Crippen molar-refractivity contribution in [3.05, 3.63) is 10.4 Å². The summed E-state index contributed by atoms with van der Waals surface area (Å²) in [6, 6.07) is 0. The second-order valence-electron chi connectivity index (χ2n) is 3.43. The van der Waals surface area contributed by atoms with Crippen LogP contribution < -0.4 is 6.15 Å². The van der Waals surface area contributed by atoms with Crippen LogP contribution in [0.1, 0.15) is 6.42 Å². The van der Waals surface area contributed by atoms with Gasteiger partial charge in [0.2, 0.25) is 0 Å². The SMILES string of the molecule is N.[N-]=[N+]=NCC(O)C(O)C(O)C(O)CC(=O)CO. The van der Waals surface area contributed by atoms with Crippen LogP contribution >= 0.6 is 0 Å². The first-order valence-corrected chi connectivity index (χ1v) is 4.79. The molecule has 0 spiro atoms. The molecule has 0 saturated heterocycles. The second kappa shape index (κ2) is 9.74. The van der Waals surface area contributed by atoms with E-state index in [1.165, 1.54) is 0 Å². The van der Waals surface area contributed by atoms with Crippen molar-refractivity contribution in [2.75, 3.05) is 13.2 Å². The number of carbonyl (C=O) groups is 1. The van der Waals surface area contributed by atoms with Gasteiger partial charge >= 0.3 is 0 Å². The number of Topliss-reactive ketones (excluding diaryl/α,β-unsaturated/α-hetero) is 1. The van der Waals surface area contributed by atoms with Gasteiger partial charge in [-0.3, -0.25) is 4.79 Å². The van der Waals surface area contributed by atoms with Crippen LogP contribution in [0, 0.1) is 0 Å². The number of aliphatic hydroxyl groups excluding tert-OH is 5. The maximum atomic E-state index is 10.8. The molecule has 0 aromatic carbocycles. The highest BCUT2D eigenvalue weighted by Crippen LogP contribution is 2.09. The van der Waals surface area contributed by atoms with Gasteiger partial charge in [0.1, 0.15) is 18.8 Å². The summed E-state index contributed by atoms with van der Waals surface area (Å²) in [4.78, 5) is 13.1. The molecule has 0 amide bonds. The number of carbonyl (C=O) groups excluding carboxylic acids is 1. The van der Waals surface area contributed by atoms with E-state index in [0.717, 1.165) is 0 Å². The van der Waals surface area contributed by atoms with Gasteiger partial charge in [-0.05, 0) is 5.53 Å². The average Bonchev–Trinajstić information content (AvgIpc) is 2.33. The monoisotopic (exact) mass is 266 g/mol. The summed E-state index contributed by atoms with van der Waals surface area (Å²) >= 11 is 0. The van der Waals surface area contributed by atoms with Gasteiger partial charge in [0.15, 0.2) is 5.78 Å². The Kier molecular flexibility index (Phi) is 10.3. The summed E-state index contributed by atoms with van der Waals surface area (Å²) in [5, 5.41) is 48.7. The Balaban J connectivity index is 0. The fourth-order valence-corrected chi connectivity index (χ4v) is 1.10. The summed E-state index contributed by atoms with van der Waals surface area (Å²) in [5.74, 6) is -0.715. The quantitative estimate of drug-likeness (QED) is 0.163. The number of azide groups is 1. The molecule has 0 aromatic heterocycles. The normalized spacial score (nSPS) is 16.7. The third-order valence-electron chi connectivity index (χ3n) is 2.08. The zero-order valence-electron chi connectivity index (χ0n) is 9.62. The van der Waals surface area contributed by atoms with Crippen LogP contribution in [-0.4, -0.2) is 68.9 Å². The molecule has 0 radical (unpaired) electrons. The third kappa shape index (κ3) is 6.47. The van der Waals surface area contributed by atoms with Crippen LogP contribution in [-0.2, 0) is 4.79 Å². The Bertz CT molecular complexity index is 295. The summed E-state index contributed by atoms with van der Waals surface area (Å²) < 4.78 is 0. The minimum absolute atomic E-state index is 0. The van der Waals surface area contributed by atoms with Gasteiger partial charge in [0.25, 0.3) is 0 Å². The van der Waals surface area contributed by atoms with E-state index in [9.17, 15) is 25.2 Å². The predicted octanol–water partition coefficient (Wildman–Crippen LogP) is -2.15. The smallest absolute Gasteiger partial charge is 0.160 e. The topological polar surface area (TPSA) is 202 Å². The lowest BCUT2D eigenvalue weighted by Gasteiger charge is -2.25. The van der Waals surface area contributed by atoms with E-state index in [1.54, 1.807) is 0 Å². The third-order valence-corrected chi connectivity index (χ3v) is 2.08. The van der Waals surface area contributed by atoms with Gasteiger partial charge in [0, 0.05) is 11.3 Å². The maximum Gasteiger partial charge on any atom is 0.160 e. The predicted molar refractivity (Wildman–Crippen MR) is 59.8 cm³/mol. The number of ketones is 1. The van der Waals surface area contributed by atoms with Crippen LogP contribution in [0.2, 0.25) is 0 Å². The minimum atomic E-state index is -1.78. The lowest BCUT2D eigenvalue weighted by molar-refractivity contribution is -0.131. The lowest BCUT2D eigenvalue weighted by Crippen LogP contribution is -2.46. The highest BCUT2D eigenvalue weighted by molar-refractivity contribution is 5.79. The Morgan fingerprint density at radius 3 is 2.11 bits per heavy atom. The van der Waals surface area contributed by atoms with Crippen LogP contribution in [0.3, 0.4) is 0 Å². The van der Waals surface area contributed by atoms with Crippen molar-refractivity contribution in [2.45, 2.75) is 30.8 Å². The summed E-state index contributed by atoms with van der Waals surface area (Å²) in [5.41, 5.74) is 7.98. The Morgan fingerprint density at radius 1 is 1.17 bits per heavy atom. The fourth-order valence-electron chi connectivity index (χ4n) is 1.10. The second-order valence-corrected chi connectivity index (χ2v) is 3.43. The molecular weight excluding hydrogens is 248 g/mol. The Hall–Kier alpha value is -1.26. The van der Waals surface area contributed by atoms with Gasteiger partial charge in [-0.15, -0.1) is 0 Å². The van der Waals surface area contributed by atoms with Gasteiger partial charge in [0.05, 0.1) is 18.8 Å². The standard InChI is InChI=1S/C8H15N3O6.H3N/c9-11-10-2-6(15)8(17)7(16)5(14)1-4(13)3-12;/h5-8,12,14-17H,1-3H2;1H3. The maximum absolute atomic E-state index is 10.8. The van der Waals surface area contributed by atoms with E-state index in [4.69, 9.17) is 10.6 Å². The summed E-state index contributed by atoms with van der Waals surface area (Å²) in [7, 11) is 0. The van der Waals surface area contributed by atoms with Crippen molar-refractivity contribution in [3.63, 3.8) is 0 Å². The first-order chi connectivity index (χ1) is 7.93. The van der Waals surface area contributed by atoms with E-state index in [0.29, 0.717) is 0 Å². The number of hydrogen-bond donors (Lipinski definition) is 6. The van der Waals surface area contributed by atoms with Crippen molar-refractivity contribution in [1.82, 2.24) is 6.15 Å². The van der Waals surface area contributed by atoms with Gasteiger partial charge < -0.3 is 31.7 Å². The van der Waals surface area contributed by atoms with Crippen molar-refractivity contribution < 1.29 is 30.3 Å². The summed E-state index contributed by atoms with van der Waals surface area (Å²) in [6.45, 7) is -1.27. The first-order valence-electron chi connectivity index (χ1n) is 4.79. The zero-order chi connectivity index (χ0) is 13.4. The molecule has 0 aliphatic heterocycles. The van der Waals surface area contributed by atoms with Crippen LogP contribution in [0.25, 0.3) is 10.4 Å². The van der Waals surface area contributed by atoms with Crippen molar-refractivity contribution in [2.24, 2.45) is 5.11 Å². The Labute approximate surface area is 103 Å². The molecule has 0 aliphatic carbocycles. The molecule has 10 nitrogen and oxygen atoms in total. The minimum Gasteiger partial charge on any atom is -0.390 e. The molecule has 8 N–H and O–H groups in total. The van der Waals surface area contributed by atoms with Gasteiger partial charge in [-0.25, -0.2) is 0 Å². The molecule has 0 fully saturated rings. The molecule has 10 heteroatoms. The van der Waals surface area contributed by atoms with E-state index < -0.39 is 49.8 Å². The summed E-state index contributed by atoms with van der Waals surface area (Å²) in [6.07, 6.45) is -7.27. The van der Waals surface area contributed by atoms with E-state index in [-0.39, 0.29) is 6.15 Å². The number of hydrogen-bond acceptors (Lipinski definition) is 8. The highest BCUT2D eigenvalue weighted by atomic mass is 16.4.